The summed E-state index contributed by atoms with van der Waals surface area (Å²) in [5.74, 6) is 0.531. The second-order valence-corrected chi connectivity index (χ2v) is 5.81. The fraction of sp³-hybridized carbons (Fsp3) is 0.500. The van der Waals surface area contributed by atoms with E-state index in [4.69, 9.17) is 0 Å². The van der Waals surface area contributed by atoms with Gasteiger partial charge in [-0.1, -0.05) is 17.7 Å². The maximum absolute atomic E-state index is 11.7. The number of carbonyl (C=O) groups is 1. The van der Waals surface area contributed by atoms with Crippen molar-refractivity contribution >= 4 is 23.4 Å². The van der Waals surface area contributed by atoms with Crippen LogP contribution in [0.3, 0.4) is 0 Å². The van der Waals surface area contributed by atoms with Crippen LogP contribution in [0.1, 0.15) is 12.5 Å². The molecule has 1 aromatic carbocycles. The first-order valence-electron chi connectivity index (χ1n) is 6.21. The average Bonchev–Trinajstić information content (AvgIpc) is 2.31. The molecule has 1 atom stereocenters. The Bertz CT molecular complexity index is 404. The zero-order valence-electron chi connectivity index (χ0n) is 11.7. The van der Waals surface area contributed by atoms with Crippen molar-refractivity contribution in [3.8, 4) is 0 Å². The summed E-state index contributed by atoms with van der Waals surface area (Å²) in [6, 6.07) is 7.65. The van der Waals surface area contributed by atoms with Gasteiger partial charge in [0.15, 0.2) is 0 Å². The Hall–Kier alpha value is -1.04. The van der Waals surface area contributed by atoms with Crippen LogP contribution < -0.4 is 10.6 Å². The molecule has 3 N–H and O–H groups in total. The summed E-state index contributed by atoms with van der Waals surface area (Å²) in [4.78, 5) is 11.7. The molecule has 0 saturated carbocycles. The first kappa shape index (κ1) is 16.0. The smallest absolute Gasteiger partial charge is 0.238 e. The third-order valence-corrected chi connectivity index (χ3v) is 3.49. The van der Waals surface area contributed by atoms with E-state index in [2.05, 4.69) is 10.6 Å². The van der Waals surface area contributed by atoms with E-state index < -0.39 is 5.60 Å². The Morgan fingerprint density at radius 2 is 2.00 bits per heavy atom. The van der Waals surface area contributed by atoms with Gasteiger partial charge in [-0.2, -0.15) is 11.8 Å². The van der Waals surface area contributed by atoms with Gasteiger partial charge in [0.05, 0.1) is 12.1 Å². The Labute approximate surface area is 119 Å². The van der Waals surface area contributed by atoms with Gasteiger partial charge in [0.2, 0.25) is 5.91 Å². The highest BCUT2D eigenvalue weighted by Crippen LogP contribution is 2.09. The molecule has 0 bridgehead atoms. The van der Waals surface area contributed by atoms with Gasteiger partial charge in [-0.05, 0) is 32.2 Å². The summed E-state index contributed by atoms with van der Waals surface area (Å²) < 4.78 is 0. The van der Waals surface area contributed by atoms with E-state index in [0.717, 1.165) is 11.3 Å². The van der Waals surface area contributed by atoms with Gasteiger partial charge in [0.1, 0.15) is 0 Å². The molecule has 0 aliphatic rings. The van der Waals surface area contributed by atoms with Crippen LogP contribution in [0.5, 0.6) is 0 Å². The molecule has 106 valence electrons. The number of hydrogen-bond donors (Lipinski definition) is 3. The van der Waals surface area contributed by atoms with Crippen molar-refractivity contribution in [2.45, 2.75) is 19.4 Å². The Morgan fingerprint density at radius 3 is 2.58 bits per heavy atom. The van der Waals surface area contributed by atoms with E-state index in [1.54, 1.807) is 18.7 Å². The lowest BCUT2D eigenvalue weighted by Crippen LogP contribution is -2.42. The quantitative estimate of drug-likeness (QED) is 0.711. The summed E-state index contributed by atoms with van der Waals surface area (Å²) in [5.41, 5.74) is 1.15. The number of thioether (sulfide) groups is 1. The van der Waals surface area contributed by atoms with Crippen LogP contribution >= 0.6 is 11.8 Å². The second-order valence-electron chi connectivity index (χ2n) is 4.95. The molecule has 0 fully saturated rings. The van der Waals surface area contributed by atoms with Crippen molar-refractivity contribution in [3.63, 3.8) is 0 Å². The van der Waals surface area contributed by atoms with Crippen LogP contribution in [0.4, 0.5) is 5.69 Å². The van der Waals surface area contributed by atoms with Gasteiger partial charge < -0.3 is 15.7 Å². The van der Waals surface area contributed by atoms with Crippen molar-refractivity contribution in [3.05, 3.63) is 29.8 Å². The molecule has 0 saturated heterocycles. The molecule has 0 heterocycles. The summed E-state index contributed by atoms with van der Waals surface area (Å²) in [5, 5.41) is 15.7. The fourth-order valence-corrected chi connectivity index (χ4v) is 2.37. The number of aliphatic hydroxyl groups is 1. The third kappa shape index (κ3) is 6.61. The zero-order chi connectivity index (χ0) is 14.3. The molecule has 0 spiro atoms. The summed E-state index contributed by atoms with van der Waals surface area (Å²) in [7, 11) is 0. The fourth-order valence-electron chi connectivity index (χ4n) is 1.65. The molecule has 0 radical (unpaired) electrons. The van der Waals surface area contributed by atoms with Gasteiger partial charge in [-0.15, -0.1) is 0 Å². The topological polar surface area (TPSA) is 61.4 Å². The molecule has 4 nitrogen and oxygen atoms in total. The first-order chi connectivity index (χ1) is 8.93. The lowest BCUT2D eigenvalue weighted by Gasteiger charge is -2.22. The maximum atomic E-state index is 11.7. The molecule has 1 unspecified atom stereocenters. The van der Waals surface area contributed by atoms with Crippen molar-refractivity contribution in [1.29, 1.82) is 0 Å². The summed E-state index contributed by atoms with van der Waals surface area (Å²) in [6.45, 7) is 4.35. The molecular weight excluding hydrogens is 260 g/mol. The average molecular weight is 282 g/mol. The third-order valence-electron chi connectivity index (χ3n) is 2.58. The van der Waals surface area contributed by atoms with E-state index in [1.807, 2.05) is 37.4 Å². The summed E-state index contributed by atoms with van der Waals surface area (Å²) in [6.07, 6.45) is 1.94. The van der Waals surface area contributed by atoms with Crippen molar-refractivity contribution in [1.82, 2.24) is 5.32 Å². The predicted octanol–water partition coefficient (Wildman–Crippen LogP) is 1.64. The van der Waals surface area contributed by atoms with Crippen LogP contribution in [-0.2, 0) is 4.79 Å². The Balaban J connectivity index is 2.30. The second kappa shape index (κ2) is 7.53. The summed E-state index contributed by atoms with van der Waals surface area (Å²) >= 11 is 1.58. The minimum Gasteiger partial charge on any atom is -0.388 e. The Morgan fingerprint density at radius 1 is 1.37 bits per heavy atom. The number of benzene rings is 1. The lowest BCUT2D eigenvalue weighted by molar-refractivity contribution is -0.115. The van der Waals surface area contributed by atoms with E-state index in [-0.39, 0.29) is 12.5 Å². The van der Waals surface area contributed by atoms with Gasteiger partial charge in [-0.3, -0.25) is 4.79 Å². The van der Waals surface area contributed by atoms with Gasteiger partial charge in [0, 0.05) is 18.0 Å². The van der Waals surface area contributed by atoms with Crippen molar-refractivity contribution < 1.29 is 9.90 Å². The minimum atomic E-state index is -0.788. The number of hydrogen-bond acceptors (Lipinski definition) is 4. The van der Waals surface area contributed by atoms with Crippen LogP contribution in [0, 0.1) is 6.92 Å². The molecule has 19 heavy (non-hydrogen) atoms. The molecule has 0 aliphatic carbocycles. The van der Waals surface area contributed by atoms with Gasteiger partial charge in [-0.25, -0.2) is 0 Å². The molecule has 1 aromatic rings. The monoisotopic (exact) mass is 282 g/mol. The predicted molar refractivity (Wildman–Crippen MR) is 81.7 cm³/mol. The van der Waals surface area contributed by atoms with E-state index >= 15 is 0 Å². The maximum Gasteiger partial charge on any atom is 0.238 e. The zero-order valence-corrected chi connectivity index (χ0v) is 12.5. The first-order valence-corrected chi connectivity index (χ1v) is 7.61. The molecular formula is C14H22N2O2S. The highest BCUT2D eigenvalue weighted by Gasteiger charge is 2.19. The highest BCUT2D eigenvalue weighted by molar-refractivity contribution is 7.98. The normalized spacial score (nSPS) is 13.9. The Kier molecular flexibility index (Phi) is 6.34. The standard InChI is InChI=1S/C14H22N2O2S/c1-11-4-6-12(7-5-11)16-13(17)8-15-9-14(2,18)10-19-3/h4-7,15,18H,8-10H2,1-3H3,(H,16,17). The minimum absolute atomic E-state index is 0.108. The molecule has 0 aromatic heterocycles. The van der Waals surface area contributed by atoms with Crippen LogP contribution in [0.2, 0.25) is 0 Å². The number of aryl methyl sites for hydroxylation is 1. The van der Waals surface area contributed by atoms with E-state index in [9.17, 15) is 9.90 Å². The number of nitrogens with one attached hydrogen (secondary N) is 2. The van der Waals surface area contributed by atoms with E-state index in [0.29, 0.717) is 12.3 Å². The van der Waals surface area contributed by atoms with Gasteiger partial charge in [0.25, 0.3) is 0 Å². The van der Waals surface area contributed by atoms with Gasteiger partial charge >= 0.3 is 0 Å². The lowest BCUT2D eigenvalue weighted by atomic mass is 10.1. The highest BCUT2D eigenvalue weighted by atomic mass is 32.2. The van der Waals surface area contributed by atoms with Crippen LogP contribution in [0.25, 0.3) is 0 Å². The SMILES string of the molecule is CSCC(C)(O)CNCC(=O)Nc1ccc(C)cc1. The van der Waals surface area contributed by atoms with Crippen molar-refractivity contribution in [2.75, 3.05) is 30.4 Å². The number of anilines is 1. The number of carbonyl (C=O) groups excluding carboxylic acids is 1. The largest absolute Gasteiger partial charge is 0.388 e. The van der Waals surface area contributed by atoms with Crippen molar-refractivity contribution in [2.24, 2.45) is 0 Å². The van der Waals surface area contributed by atoms with Crippen LogP contribution in [0.15, 0.2) is 24.3 Å². The molecule has 0 aliphatic heterocycles. The molecule has 5 heteroatoms. The number of amides is 1. The number of rotatable bonds is 7. The van der Waals surface area contributed by atoms with Crippen LogP contribution in [-0.4, -0.2) is 41.7 Å². The molecule has 1 rings (SSSR count). The molecule has 1 amide bonds. The van der Waals surface area contributed by atoms with E-state index in [1.165, 1.54) is 0 Å².